The summed E-state index contributed by atoms with van der Waals surface area (Å²) in [6.07, 6.45) is 15.4. The Bertz CT molecular complexity index is 1030. The van der Waals surface area contributed by atoms with Gasteiger partial charge in [-0.05, 0) is 77.0 Å². The summed E-state index contributed by atoms with van der Waals surface area (Å²) in [6.45, 7) is 9.85. The standard InChI is InChI=1S/C16H31N3O.C14H17NO4/c1-5-6-7-8-9-10-11-12-13-17-16(3,4)15-18-14(2)20-19-15;16-13(17)11-5-4-10(14(18)6-1-7-14)12(15-11)19-8-9-2-3-9/h17H,5-13H2,1-4H3;4-5,9,18H,1-3,6-8H2,(H,16,17). The van der Waals surface area contributed by atoms with Crippen molar-refractivity contribution < 1.29 is 24.3 Å². The van der Waals surface area contributed by atoms with Crippen molar-refractivity contribution in [2.75, 3.05) is 13.2 Å². The lowest BCUT2D eigenvalue weighted by Crippen LogP contribution is -2.38. The lowest BCUT2D eigenvalue weighted by atomic mass is 9.75. The summed E-state index contributed by atoms with van der Waals surface area (Å²) in [6, 6.07) is 3.07. The molecule has 9 nitrogen and oxygen atoms in total. The van der Waals surface area contributed by atoms with Crippen molar-refractivity contribution in [2.24, 2.45) is 5.92 Å². The number of aromatic carboxylic acids is 1. The number of nitrogens with zero attached hydrogens (tertiary/aromatic N) is 3. The zero-order chi connectivity index (χ0) is 28.3. The van der Waals surface area contributed by atoms with Crippen LogP contribution >= 0.6 is 0 Å². The van der Waals surface area contributed by atoms with E-state index in [9.17, 15) is 9.90 Å². The summed E-state index contributed by atoms with van der Waals surface area (Å²) >= 11 is 0. The zero-order valence-corrected chi connectivity index (χ0v) is 24.3. The Morgan fingerprint density at radius 3 is 2.31 bits per heavy atom. The van der Waals surface area contributed by atoms with Crippen LogP contribution in [0.25, 0.3) is 0 Å². The summed E-state index contributed by atoms with van der Waals surface area (Å²) in [5, 5.41) is 26.9. The smallest absolute Gasteiger partial charge is 0.354 e. The van der Waals surface area contributed by atoms with Crippen molar-refractivity contribution in [3.8, 4) is 5.88 Å². The molecule has 2 aromatic rings. The number of aromatic nitrogens is 3. The second kappa shape index (κ2) is 14.7. The molecule has 2 saturated carbocycles. The van der Waals surface area contributed by atoms with Crippen LogP contribution in [0.3, 0.4) is 0 Å². The van der Waals surface area contributed by atoms with Gasteiger partial charge in [-0.1, -0.05) is 57.0 Å². The Morgan fingerprint density at radius 2 is 1.77 bits per heavy atom. The van der Waals surface area contributed by atoms with E-state index in [2.05, 4.69) is 41.2 Å². The van der Waals surface area contributed by atoms with E-state index in [0.29, 0.717) is 36.8 Å². The topological polar surface area (TPSA) is 131 Å². The van der Waals surface area contributed by atoms with E-state index in [-0.39, 0.29) is 17.1 Å². The van der Waals surface area contributed by atoms with Crippen LogP contribution in [-0.2, 0) is 11.1 Å². The molecule has 0 radical (unpaired) electrons. The number of aryl methyl sites for hydroxylation is 1. The predicted octanol–water partition coefficient (Wildman–Crippen LogP) is 6.28. The Kier molecular flexibility index (Phi) is 11.7. The molecule has 4 rings (SSSR count). The van der Waals surface area contributed by atoms with Gasteiger partial charge in [0.25, 0.3) is 0 Å². The Balaban J connectivity index is 0.000000216. The number of carbonyl (C=O) groups is 1. The molecule has 0 amide bonds. The summed E-state index contributed by atoms with van der Waals surface area (Å²) in [5.41, 5.74) is -0.510. The van der Waals surface area contributed by atoms with Gasteiger partial charge in [-0.2, -0.15) is 4.98 Å². The van der Waals surface area contributed by atoms with E-state index in [1.54, 1.807) is 6.07 Å². The average molecular weight is 545 g/mol. The molecule has 39 heavy (non-hydrogen) atoms. The Labute approximate surface area is 233 Å². The number of hydrogen-bond acceptors (Lipinski definition) is 8. The summed E-state index contributed by atoms with van der Waals surface area (Å²) in [4.78, 5) is 19.3. The Morgan fingerprint density at radius 1 is 1.10 bits per heavy atom. The Hall–Kier alpha value is -2.52. The van der Waals surface area contributed by atoms with Gasteiger partial charge in [0, 0.05) is 12.5 Å². The number of carboxylic acid groups (broad SMARTS) is 1. The summed E-state index contributed by atoms with van der Waals surface area (Å²) in [5.74, 6) is 1.13. The van der Waals surface area contributed by atoms with E-state index in [1.165, 1.54) is 57.4 Å². The maximum Gasteiger partial charge on any atom is 0.354 e. The third-order valence-electron chi connectivity index (χ3n) is 7.60. The van der Waals surface area contributed by atoms with Crippen molar-refractivity contribution in [3.63, 3.8) is 0 Å². The molecule has 2 fully saturated rings. The minimum absolute atomic E-state index is 0.0440. The first-order chi connectivity index (χ1) is 18.6. The van der Waals surface area contributed by atoms with E-state index < -0.39 is 11.6 Å². The molecular weight excluding hydrogens is 496 g/mol. The van der Waals surface area contributed by atoms with E-state index in [1.807, 2.05) is 6.92 Å². The number of nitrogens with one attached hydrogen (secondary N) is 1. The molecule has 2 aromatic heterocycles. The van der Waals surface area contributed by atoms with Gasteiger partial charge in [0.05, 0.1) is 17.7 Å². The predicted molar refractivity (Wildman–Crippen MR) is 150 cm³/mol. The van der Waals surface area contributed by atoms with Gasteiger partial charge < -0.3 is 24.8 Å². The number of ether oxygens (including phenoxy) is 1. The highest BCUT2D eigenvalue weighted by Gasteiger charge is 2.40. The average Bonchev–Trinajstić information content (AvgIpc) is 3.62. The molecule has 0 spiro atoms. The third kappa shape index (κ3) is 9.87. The van der Waals surface area contributed by atoms with Crippen LogP contribution in [0, 0.1) is 12.8 Å². The quantitative estimate of drug-likeness (QED) is 0.209. The second-order valence-corrected chi connectivity index (χ2v) is 11.7. The van der Waals surface area contributed by atoms with Crippen molar-refractivity contribution in [1.29, 1.82) is 0 Å². The molecule has 0 unspecified atom stereocenters. The minimum Gasteiger partial charge on any atom is -0.477 e. The van der Waals surface area contributed by atoms with E-state index in [4.69, 9.17) is 14.4 Å². The number of pyridine rings is 1. The fourth-order valence-electron chi connectivity index (χ4n) is 4.58. The SMILES string of the molecule is CCCCCCCCCCNC(C)(C)c1noc(C)n1.O=C(O)c1ccc(C2(O)CCC2)c(OCC2CC2)n1. The monoisotopic (exact) mass is 544 g/mol. The van der Waals surface area contributed by atoms with Crippen molar-refractivity contribution in [1.82, 2.24) is 20.4 Å². The normalized spacial score (nSPS) is 16.2. The van der Waals surface area contributed by atoms with Crippen molar-refractivity contribution in [3.05, 3.63) is 35.1 Å². The molecule has 0 aliphatic heterocycles. The van der Waals surface area contributed by atoms with Gasteiger partial charge in [0.1, 0.15) is 0 Å². The minimum atomic E-state index is -1.08. The molecule has 0 bridgehead atoms. The molecule has 2 aliphatic carbocycles. The fraction of sp³-hybridized carbons (Fsp3) is 0.733. The fourth-order valence-corrected chi connectivity index (χ4v) is 4.58. The molecule has 9 heteroatoms. The zero-order valence-electron chi connectivity index (χ0n) is 24.3. The van der Waals surface area contributed by atoms with Crippen LogP contribution in [0.15, 0.2) is 16.7 Å². The number of rotatable bonds is 16. The van der Waals surface area contributed by atoms with Crippen LogP contribution in [0.5, 0.6) is 5.88 Å². The van der Waals surface area contributed by atoms with Crippen LogP contribution in [-0.4, -0.2) is 44.5 Å². The molecule has 0 saturated heterocycles. The lowest BCUT2D eigenvalue weighted by Gasteiger charge is -2.37. The highest BCUT2D eigenvalue weighted by molar-refractivity contribution is 5.85. The van der Waals surface area contributed by atoms with Gasteiger partial charge in [0.2, 0.25) is 11.8 Å². The number of unbranched alkanes of at least 4 members (excludes halogenated alkanes) is 7. The molecular formula is C30H48N4O5. The number of carboxylic acids is 1. The first-order valence-electron chi connectivity index (χ1n) is 14.8. The van der Waals surface area contributed by atoms with Crippen LogP contribution in [0.4, 0.5) is 0 Å². The molecule has 2 aliphatic rings. The number of aliphatic hydroxyl groups is 1. The van der Waals surface area contributed by atoms with Crippen molar-refractivity contribution >= 4 is 5.97 Å². The number of hydrogen-bond donors (Lipinski definition) is 3. The maximum atomic E-state index is 11.0. The van der Waals surface area contributed by atoms with Gasteiger partial charge in [-0.15, -0.1) is 0 Å². The first-order valence-corrected chi connectivity index (χ1v) is 14.8. The lowest BCUT2D eigenvalue weighted by molar-refractivity contribution is -0.0414. The van der Waals surface area contributed by atoms with Gasteiger partial charge in [-0.3, -0.25) is 0 Å². The van der Waals surface area contributed by atoms with Gasteiger partial charge in [0.15, 0.2) is 11.5 Å². The highest BCUT2D eigenvalue weighted by Crippen LogP contribution is 2.44. The van der Waals surface area contributed by atoms with Crippen LogP contribution in [0.1, 0.15) is 132 Å². The largest absolute Gasteiger partial charge is 0.477 e. The molecule has 218 valence electrons. The van der Waals surface area contributed by atoms with Crippen LogP contribution < -0.4 is 10.1 Å². The molecule has 0 atom stereocenters. The molecule has 2 heterocycles. The maximum absolute atomic E-state index is 11.0. The molecule has 3 N–H and O–H groups in total. The van der Waals surface area contributed by atoms with E-state index >= 15 is 0 Å². The third-order valence-corrected chi connectivity index (χ3v) is 7.60. The van der Waals surface area contributed by atoms with Crippen molar-refractivity contribution in [2.45, 2.75) is 122 Å². The highest BCUT2D eigenvalue weighted by atomic mass is 16.5. The van der Waals surface area contributed by atoms with E-state index in [0.717, 1.165) is 31.6 Å². The summed E-state index contributed by atoms with van der Waals surface area (Å²) < 4.78 is 10.7. The summed E-state index contributed by atoms with van der Waals surface area (Å²) in [7, 11) is 0. The first kappa shape index (κ1) is 31.0. The second-order valence-electron chi connectivity index (χ2n) is 11.7. The van der Waals surface area contributed by atoms with Gasteiger partial charge in [-0.25, -0.2) is 9.78 Å². The van der Waals surface area contributed by atoms with Gasteiger partial charge >= 0.3 is 5.97 Å². The van der Waals surface area contributed by atoms with Crippen LogP contribution in [0.2, 0.25) is 0 Å². The molecule has 0 aromatic carbocycles.